The SMILES string of the molecule is CC(C)NCCOCC[N+]1=CC(COCCSSCCOC(=O)C(C)C)N=N1. The van der Waals surface area contributed by atoms with Crippen molar-refractivity contribution in [1.29, 1.82) is 0 Å². The minimum atomic E-state index is -0.139. The van der Waals surface area contributed by atoms with Crippen LogP contribution in [0.25, 0.3) is 0 Å². The molecule has 1 unspecified atom stereocenters. The molecule has 162 valence electrons. The molecule has 0 amide bonds. The van der Waals surface area contributed by atoms with E-state index in [2.05, 4.69) is 29.5 Å². The van der Waals surface area contributed by atoms with E-state index in [-0.39, 0.29) is 17.9 Å². The predicted octanol–water partition coefficient (Wildman–Crippen LogP) is 2.43. The number of nitrogens with one attached hydrogen (secondary N) is 1. The minimum absolute atomic E-state index is 0.0179. The van der Waals surface area contributed by atoms with Gasteiger partial charge in [-0.1, -0.05) is 49.3 Å². The Balaban J connectivity index is 1.91. The minimum Gasteiger partial charge on any atom is -0.465 e. The summed E-state index contributed by atoms with van der Waals surface area (Å²) in [4.78, 5) is 11.3. The molecule has 0 saturated heterocycles. The van der Waals surface area contributed by atoms with Gasteiger partial charge in [-0.3, -0.25) is 4.79 Å². The first-order valence-corrected chi connectivity index (χ1v) is 12.3. The summed E-state index contributed by atoms with van der Waals surface area (Å²) in [6, 6.07) is 0.465. The van der Waals surface area contributed by atoms with Gasteiger partial charge < -0.3 is 19.5 Å². The van der Waals surface area contributed by atoms with Crippen molar-refractivity contribution < 1.29 is 23.7 Å². The lowest BCUT2D eigenvalue weighted by molar-refractivity contribution is -0.534. The number of hydrogen-bond donors (Lipinski definition) is 1. The van der Waals surface area contributed by atoms with Crippen LogP contribution < -0.4 is 5.32 Å². The summed E-state index contributed by atoms with van der Waals surface area (Å²) < 4.78 is 18.2. The maximum atomic E-state index is 11.3. The molecule has 0 bridgehead atoms. The highest BCUT2D eigenvalue weighted by atomic mass is 33.1. The molecule has 28 heavy (non-hydrogen) atoms. The van der Waals surface area contributed by atoms with E-state index < -0.39 is 0 Å². The largest absolute Gasteiger partial charge is 0.465 e. The van der Waals surface area contributed by atoms with Crippen molar-refractivity contribution in [2.24, 2.45) is 16.3 Å². The van der Waals surface area contributed by atoms with Crippen molar-refractivity contribution >= 4 is 33.8 Å². The average molecular weight is 436 g/mol. The molecule has 0 fully saturated rings. The van der Waals surface area contributed by atoms with E-state index in [0.29, 0.717) is 45.6 Å². The molecule has 1 N–H and O–H groups in total. The molecular weight excluding hydrogens is 400 g/mol. The number of nitrogens with zero attached hydrogens (tertiary/aromatic N) is 3. The van der Waals surface area contributed by atoms with Gasteiger partial charge in [-0.2, -0.15) is 0 Å². The standard InChI is InChI=1S/C18H35N4O4S2/c1-15(2)18(23)26-10-12-28-27-11-9-25-14-17-13-22(21-20-17)6-8-24-7-5-19-16(3)4/h13,15-17,19H,5-12,14H2,1-4H3/q+1. The Morgan fingerprint density at radius 1 is 1.11 bits per heavy atom. The zero-order valence-electron chi connectivity index (χ0n) is 17.5. The second kappa shape index (κ2) is 16.2. The van der Waals surface area contributed by atoms with Gasteiger partial charge in [0, 0.05) is 29.2 Å². The third-order valence-electron chi connectivity index (χ3n) is 3.49. The molecule has 0 aliphatic carbocycles. The summed E-state index contributed by atoms with van der Waals surface area (Å²) in [7, 11) is 3.41. The van der Waals surface area contributed by atoms with Crippen LogP contribution in [0, 0.1) is 5.92 Å². The molecule has 1 rings (SSSR count). The molecule has 1 aliphatic rings. The highest BCUT2D eigenvalue weighted by molar-refractivity contribution is 8.76. The Hall–Kier alpha value is -0.680. The summed E-state index contributed by atoms with van der Waals surface area (Å²) in [5.41, 5.74) is 0. The third kappa shape index (κ3) is 13.5. The van der Waals surface area contributed by atoms with Crippen LogP contribution in [0.2, 0.25) is 0 Å². The lowest BCUT2D eigenvalue weighted by Crippen LogP contribution is -2.27. The van der Waals surface area contributed by atoms with Crippen molar-refractivity contribution in [3.05, 3.63) is 0 Å². The van der Waals surface area contributed by atoms with Crippen LogP contribution in [-0.2, 0) is 19.0 Å². The maximum absolute atomic E-state index is 11.3. The molecule has 0 aromatic carbocycles. The highest BCUT2D eigenvalue weighted by Crippen LogP contribution is 2.20. The van der Waals surface area contributed by atoms with Gasteiger partial charge in [0.15, 0.2) is 0 Å². The molecule has 0 saturated carbocycles. The quantitative estimate of drug-likeness (QED) is 0.163. The smallest absolute Gasteiger partial charge is 0.308 e. The van der Waals surface area contributed by atoms with Crippen molar-refractivity contribution in [2.45, 2.75) is 39.8 Å². The van der Waals surface area contributed by atoms with E-state index in [0.717, 1.165) is 18.1 Å². The lowest BCUT2D eigenvalue weighted by Gasteiger charge is -2.07. The fraction of sp³-hybridized carbons (Fsp3) is 0.889. The number of carbonyl (C=O) groups is 1. The third-order valence-corrected chi connectivity index (χ3v) is 5.82. The van der Waals surface area contributed by atoms with Gasteiger partial charge in [0.05, 0.1) is 25.7 Å². The Morgan fingerprint density at radius 3 is 2.57 bits per heavy atom. The summed E-state index contributed by atoms with van der Waals surface area (Å²) in [5, 5.41) is 11.6. The van der Waals surface area contributed by atoms with Gasteiger partial charge in [-0.25, -0.2) is 0 Å². The lowest BCUT2D eigenvalue weighted by atomic mass is 10.2. The molecule has 1 atom stereocenters. The highest BCUT2D eigenvalue weighted by Gasteiger charge is 2.21. The number of carbonyl (C=O) groups excluding carboxylic acids is 1. The number of rotatable bonds is 17. The van der Waals surface area contributed by atoms with Crippen LogP contribution in [-0.4, -0.2) is 86.6 Å². The Morgan fingerprint density at radius 2 is 1.86 bits per heavy atom. The van der Waals surface area contributed by atoms with Crippen LogP contribution in [0.4, 0.5) is 0 Å². The topological polar surface area (TPSA) is 84.5 Å². The van der Waals surface area contributed by atoms with Gasteiger partial charge in [0.1, 0.15) is 31.2 Å². The van der Waals surface area contributed by atoms with Gasteiger partial charge in [0.25, 0.3) is 0 Å². The normalized spacial score (nSPS) is 16.2. The van der Waals surface area contributed by atoms with Crippen LogP contribution in [0.1, 0.15) is 27.7 Å². The molecule has 0 spiro atoms. The second-order valence-corrected chi connectivity index (χ2v) is 9.55. The Labute approximate surface area is 176 Å². The summed E-state index contributed by atoms with van der Waals surface area (Å²) in [6.07, 6.45) is 1.97. The van der Waals surface area contributed by atoms with E-state index in [9.17, 15) is 4.79 Å². The Kier molecular flexibility index (Phi) is 14.6. The van der Waals surface area contributed by atoms with E-state index in [1.807, 2.05) is 24.7 Å². The molecule has 1 heterocycles. The number of ether oxygens (including phenoxy) is 3. The van der Waals surface area contributed by atoms with Crippen molar-refractivity contribution in [2.75, 3.05) is 57.6 Å². The van der Waals surface area contributed by atoms with E-state index >= 15 is 0 Å². The predicted molar refractivity (Wildman–Crippen MR) is 115 cm³/mol. The van der Waals surface area contributed by atoms with Crippen molar-refractivity contribution in [1.82, 2.24) is 5.32 Å². The fourth-order valence-corrected chi connectivity index (χ4v) is 3.71. The zero-order chi connectivity index (χ0) is 20.6. The van der Waals surface area contributed by atoms with E-state index in [1.165, 1.54) is 0 Å². The van der Waals surface area contributed by atoms with Gasteiger partial charge in [-0.15, -0.1) is 4.68 Å². The molecule has 10 heteroatoms. The molecular formula is C18H35N4O4S2+. The summed E-state index contributed by atoms with van der Waals surface area (Å²) in [6.45, 7) is 12.5. The number of hydrogen-bond acceptors (Lipinski definition) is 9. The first-order chi connectivity index (χ1) is 13.5. The maximum Gasteiger partial charge on any atom is 0.308 e. The number of esters is 1. The first-order valence-electron chi connectivity index (χ1n) is 9.81. The van der Waals surface area contributed by atoms with Gasteiger partial charge in [-0.05, 0) is 0 Å². The Bertz CT molecular complexity index is 490. The fourth-order valence-electron chi connectivity index (χ4n) is 2.02. The van der Waals surface area contributed by atoms with Gasteiger partial charge >= 0.3 is 5.97 Å². The molecule has 0 aromatic rings. The van der Waals surface area contributed by atoms with Crippen LogP contribution in [0.5, 0.6) is 0 Å². The van der Waals surface area contributed by atoms with Crippen LogP contribution in [0.15, 0.2) is 10.3 Å². The monoisotopic (exact) mass is 435 g/mol. The van der Waals surface area contributed by atoms with E-state index in [1.54, 1.807) is 21.6 Å². The van der Waals surface area contributed by atoms with Gasteiger partial charge in [0.2, 0.25) is 6.04 Å². The van der Waals surface area contributed by atoms with Crippen LogP contribution in [0.3, 0.4) is 0 Å². The second-order valence-electron chi connectivity index (χ2n) is 6.85. The van der Waals surface area contributed by atoms with Crippen molar-refractivity contribution in [3.63, 3.8) is 0 Å². The molecule has 8 nitrogen and oxygen atoms in total. The first kappa shape index (κ1) is 25.4. The van der Waals surface area contributed by atoms with Crippen LogP contribution >= 0.6 is 21.6 Å². The molecule has 1 aliphatic heterocycles. The average Bonchev–Trinajstić information content (AvgIpc) is 3.10. The summed E-state index contributed by atoms with van der Waals surface area (Å²) in [5.74, 6) is 1.47. The zero-order valence-corrected chi connectivity index (χ0v) is 19.1. The molecule has 0 aromatic heterocycles. The van der Waals surface area contributed by atoms with Crippen molar-refractivity contribution in [3.8, 4) is 0 Å². The van der Waals surface area contributed by atoms with E-state index in [4.69, 9.17) is 14.2 Å². The molecule has 0 radical (unpaired) electrons. The summed E-state index contributed by atoms with van der Waals surface area (Å²) >= 11 is 0.